The van der Waals surface area contributed by atoms with Gasteiger partial charge >= 0.3 is 0 Å². The van der Waals surface area contributed by atoms with Crippen LogP contribution in [-0.2, 0) is 18.3 Å². The third-order valence-electron chi connectivity index (χ3n) is 5.25. The fraction of sp³-hybridized carbons (Fsp3) is 0.190. The quantitative estimate of drug-likeness (QED) is 0.410. The van der Waals surface area contributed by atoms with Crippen molar-refractivity contribution in [2.75, 3.05) is 6.54 Å². The van der Waals surface area contributed by atoms with E-state index in [2.05, 4.69) is 54.9 Å². The first kappa shape index (κ1) is 18.1. The number of halogens is 1. The highest BCUT2D eigenvalue weighted by molar-refractivity contribution is 14.1. The summed E-state index contributed by atoms with van der Waals surface area (Å²) in [6.45, 7) is 0.613. The smallest absolute Gasteiger partial charge is 0.139 e. The standard InChI is InChI=1S/C21H20IN5/c22-27-14-26-20-15(5-7-25-20)9-19-10-18(6-8-24-19)21(13-23)11-16-3-1-2-4-17(16)12-21/h1-10,14H,11-13,23H2,(H,25,26,27)/b15-9+. The first-order valence-electron chi connectivity index (χ1n) is 8.83. The zero-order valence-electron chi connectivity index (χ0n) is 14.8. The molecule has 5 nitrogen and oxygen atoms in total. The summed E-state index contributed by atoms with van der Waals surface area (Å²) in [5, 5.41) is 3.12. The number of benzene rings is 1. The van der Waals surface area contributed by atoms with E-state index >= 15 is 0 Å². The number of aliphatic imine (C=N–C) groups is 1. The van der Waals surface area contributed by atoms with E-state index in [9.17, 15) is 0 Å². The van der Waals surface area contributed by atoms with Crippen molar-refractivity contribution in [3.63, 3.8) is 0 Å². The fourth-order valence-electron chi connectivity index (χ4n) is 3.86. The van der Waals surface area contributed by atoms with Crippen molar-refractivity contribution in [2.45, 2.75) is 18.3 Å². The molecule has 2 heterocycles. The number of hydrogen-bond acceptors (Lipinski definition) is 3. The van der Waals surface area contributed by atoms with E-state index in [1.807, 2.05) is 47.4 Å². The van der Waals surface area contributed by atoms with Crippen LogP contribution in [0.1, 0.15) is 22.4 Å². The molecule has 1 aromatic carbocycles. The van der Waals surface area contributed by atoms with Gasteiger partial charge in [-0.2, -0.15) is 0 Å². The third kappa shape index (κ3) is 3.59. The number of nitrogens with one attached hydrogen (secondary N) is 1. The van der Waals surface area contributed by atoms with Gasteiger partial charge in [-0.25, -0.2) is 8.20 Å². The van der Waals surface area contributed by atoms with E-state index in [1.54, 1.807) is 0 Å². The summed E-state index contributed by atoms with van der Waals surface area (Å²) < 4.78 is 3.88. The maximum atomic E-state index is 6.28. The summed E-state index contributed by atoms with van der Waals surface area (Å²) in [6, 6.07) is 12.9. The number of hydrogen-bond donors (Lipinski definition) is 2. The van der Waals surface area contributed by atoms with E-state index in [1.165, 1.54) is 23.0 Å². The fourth-order valence-corrected chi connectivity index (χ4v) is 3.98. The minimum atomic E-state index is -0.0611. The molecule has 4 rings (SSSR count). The van der Waals surface area contributed by atoms with Gasteiger partial charge in [0.15, 0.2) is 0 Å². The van der Waals surface area contributed by atoms with Crippen LogP contribution in [0.4, 0.5) is 0 Å². The molecule has 0 unspecified atom stereocenters. The molecule has 2 aliphatic rings. The van der Waals surface area contributed by atoms with Gasteiger partial charge in [-0.3, -0.25) is 4.98 Å². The number of amidine groups is 1. The van der Waals surface area contributed by atoms with Gasteiger partial charge < -0.3 is 11.1 Å². The highest BCUT2D eigenvalue weighted by Crippen LogP contribution is 2.39. The number of nitrogens with zero attached hydrogens (tertiary/aromatic N) is 3. The Labute approximate surface area is 172 Å². The molecular formula is C21H20IN5. The molecule has 3 N–H and O–H groups in total. The molecule has 2 aromatic rings. The number of pyridine rings is 1. The Morgan fingerprint density at radius 2 is 2.00 bits per heavy atom. The van der Waals surface area contributed by atoms with Crippen LogP contribution < -0.4 is 11.1 Å². The van der Waals surface area contributed by atoms with Gasteiger partial charge in [0.2, 0.25) is 0 Å². The van der Waals surface area contributed by atoms with Gasteiger partial charge in [0.1, 0.15) is 12.2 Å². The Balaban J connectivity index is 1.67. The molecule has 6 heteroatoms. The van der Waals surface area contributed by atoms with Gasteiger partial charge in [-0.1, -0.05) is 24.3 Å². The first-order valence-corrected chi connectivity index (χ1v) is 9.80. The highest BCUT2D eigenvalue weighted by Gasteiger charge is 2.37. The molecule has 1 aliphatic heterocycles. The number of rotatable bonds is 4. The van der Waals surface area contributed by atoms with Crippen LogP contribution in [0.15, 0.2) is 68.6 Å². The van der Waals surface area contributed by atoms with Crippen LogP contribution in [0.3, 0.4) is 0 Å². The summed E-state index contributed by atoms with van der Waals surface area (Å²) in [5.74, 6) is 0.768. The molecule has 136 valence electrons. The Hall–Kier alpha value is -2.32. The Morgan fingerprint density at radius 1 is 1.22 bits per heavy atom. The van der Waals surface area contributed by atoms with E-state index < -0.39 is 0 Å². The van der Waals surface area contributed by atoms with Gasteiger partial charge in [0, 0.05) is 29.9 Å². The van der Waals surface area contributed by atoms with Crippen LogP contribution in [-0.4, -0.2) is 23.7 Å². The van der Waals surface area contributed by atoms with Gasteiger partial charge in [0.05, 0.1) is 28.6 Å². The second kappa shape index (κ2) is 7.74. The van der Waals surface area contributed by atoms with Crippen molar-refractivity contribution in [1.29, 1.82) is 0 Å². The van der Waals surface area contributed by atoms with Crippen molar-refractivity contribution in [3.8, 4) is 0 Å². The minimum absolute atomic E-state index is 0.0611. The predicted molar refractivity (Wildman–Crippen MR) is 119 cm³/mol. The average molecular weight is 469 g/mol. The topological polar surface area (TPSA) is 75.7 Å². The largest absolute Gasteiger partial charge is 0.346 e. The Bertz CT molecular complexity index is 949. The second-order valence-electron chi connectivity index (χ2n) is 6.84. The van der Waals surface area contributed by atoms with Gasteiger partial charge in [-0.15, -0.1) is 0 Å². The lowest BCUT2D eigenvalue weighted by atomic mass is 9.78. The number of fused-ring (bicyclic) bond motifs is 1. The molecular weight excluding hydrogens is 449 g/mol. The SMILES string of the molecule is NCC1(c2ccnc(/C=C3\C=CNC3=NC=NI)c2)Cc2ccccc2C1. The molecule has 1 aromatic heterocycles. The summed E-state index contributed by atoms with van der Waals surface area (Å²) in [4.78, 5) is 8.84. The second-order valence-corrected chi connectivity index (χ2v) is 7.40. The molecule has 0 bridgehead atoms. The number of aromatic nitrogens is 1. The highest BCUT2D eigenvalue weighted by atomic mass is 127. The average Bonchev–Trinajstić information content (AvgIpc) is 3.31. The summed E-state index contributed by atoms with van der Waals surface area (Å²) in [7, 11) is 0. The Kier molecular flexibility index (Phi) is 5.18. The van der Waals surface area contributed by atoms with E-state index in [-0.39, 0.29) is 5.41 Å². The normalized spacial score (nSPS) is 20.5. The third-order valence-corrected chi connectivity index (χ3v) is 5.50. The van der Waals surface area contributed by atoms with Crippen molar-refractivity contribution in [1.82, 2.24) is 10.3 Å². The van der Waals surface area contributed by atoms with Crippen molar-refractivity contribution in [3.05, 3.63) is 82.8 Å². The molecule has 0 spiro atoms. The Morgan fingerprint density at radius 3 is 2.70 bits per heavy atom. The van der Waals surface area contributed by atoms with Crippen molar-refractivity contribution in [2.24, 2.45) is 13.9 Å². The molecule has 0 amide bonds. The monoisotopic (exact) mass is 469 g/mol. The molecule has 0 saturated carbocycles. The summed E-state index contributed by atoms with van der Waals surface area (Å²) in [5.41, 5.74) is 12.1. The van der Waals surface area contributed by atoms with Crippen LogP contribution in [0.2, 0.25) is 0 Å². The predicted octanol–water partition coefficient (Wildman–Crippen LogP) is 3.35. The van der Waals surface area contributed by atoms with E-state index in [0.29, 0.717) is 6.54 Å². The summed E-state index contributed by atoms with van der Waals surface area (Å²) >= 11 is 1.91. The van der Waals surface area contributed by atoms with Gasteiger partial charge in [0.25, 0.3) is 0 Å². The first-order chi connectivity index (χ1) is 13.2. The van der Waals surface area contributed by atoms with Gasteiger partial charge in [-0.05, 0) is 53.8 Å². The molecule has 0 saturated heterocycles. The molecule has 27 heavy (non-hydrogen) atoms. The van der Waals surface area contributed by atoms with Crippen LogP contribution in [0.25, 0.3) is 6.08 Å². The minimum Gasteiger partial charge on any atom is -0.346 e. The molecule has 0 atom stereocenters. The number of nitrogens with two attached hydrogens (primary N) is 1. The maximum absolute atomic E-state index is 6.28. The van der Waals surface area contributed by atoms with Crippen molar-refractivity contribution >= 4 is 41.1 Å². The van der Waals surface area contributed by atoms with E-state index in [0.717, 1.165) is 29.9 Å². The lowest BCUT2D eigenvalue weighted by Gasteiger charge is -2.28. The van der Waals surface area contributed by atoms with E-state index in [4.69, 9.17) is 5.73 Å². The van der Waals surface area contributed by atoms with Crippen molar-refractivity contribution < 1.29 is 0 Å². The summed E-state index contributed by atoms with van der Waals surface area (Å²) in [6.07, 6.45) is 11.2. The lowest BCUT2D eigenvalue weighted by Crippen LogP contribution is -2.36. The lowest BCUT2D eigenvalue weighted by molar-refractivity contribution is 0.463. The molecule has 1 aliphatic carbocycles. The maximum Gasteiger partial charge on any atom is 0.139 e. The van der Waals surface area contributed by atoms with Crippen LogP contribution >= 0.6 is 22.9 Å². The zero-order chi connectivity index (χ0) is 18.7. The zero-order valence-corrected chi connectivity index (χ0v) is 16.9. The molecule has 0 fully saturated rings. The van der Waals surface area contributed by atoms with Crippen LogP contribution in [0.5, 0.6) is 0 Å². The van der Waals surface area contributed by atoms with Crippen LogP contribution in [0, 0.1) is 0 Å². The molecule has 0 radical (unpaired) electrons.